The fourth-order valence-electron chi connectivity index (χ4n) is 13.2. The summed E-state index contributed by atoms with van der Waals surface area (Å²) in [5.41, 5.74) is 16.4. The van der Waals surface area contributed by atoms with Gasteiger partial charge >= 0.3 is 0 Å². The van der Waals surface area contributed by atoms with Gasteiger partial charge in [0, 0.05) is 44.3 Å². The molecule has 422 valence electrons. The fourth-order valence-corrected chi connectivity index (χ4v) is 18.1. The van der Waals surface area contributed by atoms with Crippen LogP contribution in [0.2, 0.25) is 0 Å². The minimum absolute atomic E-state index is 0. The number of allylic oxidation sites excluding steroid dienone is 2. The summed E-state index contributed by atoms with van der Waals surface area (Å²) >= 11 is 0. The zero-order valence-electron chi connectivity index (χ0n) is 50.8. The summed E-state index contributed by atoms with van der Waals surface area (Å²) in [6.45, 7) is 32.4. The first-order valence-corrected chi connectivity index (χ1v) is 31.8. The number of aromatic hydroxyl groups is 1. The number of anilines is 3. The van der Waals surface area contributed by atoms with Crippen molar-refractivity contribution in [1.29, 1.82) is 0 Å². The van der Waals surface area contributed by atoms with E-state index in [-0.39, 0.29) is 60.8 Å². The van der Waals surface area contributed by atoms with E-state index >= 15 is 0 Å². The van der Waals surface area contributed by atoms with Crippen LogP contribution in [0.3, 0.4) is 0 Å². The maximum Gasteiger partial charge on any atom is 0.184 e. The Morgan fingerprint density at radius 1 is 0.646 bits per heavy atom. The first kappa shape index (κ1) is 58.5. The average molecular weight is 1280 g/mol. The third kappa shape index (κ3) is 10.3. The van der Waals surface area contributed by atoms with Gasteiger partial charge in [-0.1, -0.05) is 236 Å². The molecule has 0 spiro atoms. The molecule has 0 amide bonds. The first-order chi connectivity index (χ1) is 38.6. The number of benzene rings is 7. The molecular formula is C76H82N3OPtSi-. The molecule has 9 aromatic rings. The predicted octanol–water partition coefficient (Wildman–Crippen LogP) is 17.7. The van der Waals surface area contributed by atoms with Crippen LogP contribution in [0.4, 0.5) is 17.2 Å². The van der Waals surface area contributed by atoms with E-state index < -0.39 is 8.07 Å². The van der Waals surface area contributed by atoms with Crippen molar-refractivity contribution in [3.05, 3.63) is 227 Å². The second-order valence-corrected chi connectivity index (χ2v) is 30.5. The molecule has 11 rings (SSSR count). The molecule has 3 heterocycles. The Bertz CT molecular complexity index is 3720. The molecule has 2 aliphatic rings. The molecule has 1 N–H and O–H groups in total. The van der Waals surface area contributed by atoms with Crippen molar-refractivity contribution < 1.29 is 26.2 Å². The van der Waals surface area contributed by atoms with E-state index in [9.17, 15) is 5.11 Å². The van der Waals surface area contributed by atoms with Crippen molar-refractivity contribution in [1.82, 2.24) is 9.97 Å². The molecule has 0 unspecified atom stereocenters. The molecule has 1 aliphatic heterocycles. The zero-order chi connectivity index (χ0) is 57.3. The van der Waals surface area contributed by atoms with Crippen LogP contribution in [0.1, 0.15) is 184 Å². The summed E-state index contributed by atoms with van der Waals surface area (Å²) in [4.78, 5) is 13.5. The van der Waals surface area contributed by atoms with Crippen LogP contribution in [0, 0.1) is 6.07 Å². The van der Waals surface area contributed by atoms with Gasteiger partial charge in [-0.2, -0.15) is 0 Å². The number of pyridine rings is 2. The average Bonchev–Trinajstić information content (AvgIpc) is 1.14. The van der Waals surface area contributed by atoms with Gasteiger partial charge in [-0.25, -0.2) is 4.98 Å². The Labute approximate surface area is 505 Å². The van der Waals surface area contributed by atoms with Crippen LogP contribution in [-0.4, -0.2) is 23.1 Å². The van der Waals surface area contributed by atoms with Crippen LogP contribution in [0.5, 0.6) is 5.75 Å². The van der Waals surface area contributed by atoms with Gasteiger partial charge in [0.1, 0.15) is 17.1 Å². The maximum atomic E-state index is 14.2. The van der Waals surface area contributed by atoms with E-state index in [1.807, 2.05) is 6.20 Å². The molecular weight excluding hydrogens is 1190 g/mol. The number of hydrogen-bond acceptors (Lipinski definition) is 4. The quantitative estimate of drug-likeness (QED) is 0.0607. The SMILES string of the molecule is CC(C)c1cc(C(C)C)c(-c2cc([Si](c3ccccc3)(c3ccccc3)c3ccccc3)c(O)c3nc(-c4[c-]c5c(cc4)C(C)(C)c4cc(C(C)(C)C)ccc4N5c4cc(C(C)(C)C)ccn4)cc([C@H]4C=CCCC4)c23)c(C(C)C)c1.[Pt]. The van der Waals surface area contributed by atoms with Crippen LogP contribution >= 0.6 is 0 Å². The summed E-state index contributed by atoms with van der Waals surface area (Å²) in [7, 11) is -3.37. The molecule has 0 fully saturated rings. The van der Waals surface area contributed by atoms with E-state index in [1.54, 1.807) is 0 Å². The Kier molecular flexibility index (Phi) is 16.1. The predicted molar refractivity (Wildman–Crippen MR) is 347 cm³/mol. The summed E-state index contributed by atoms with van der Waals surface area (Å²) in [6, 6.07) is 62.9. The van der Waals surface area contributed by atoms with Gasteiger partial charge in [-0.3, -0.25) is 4.98 Å². The molecule has 1 atom stereocenters. The molecule has 7 aromatic carbocycles. The van der Waals surface area contributed by atoms with E-state index in [1.165, 1.54) is 65.6 Å². The van der Waals surface area contributed by atoms with Gasteiger partial charge in [0.2, 0.25) is 0 Å². The van der Waals surface area contributed by atoms with Crippen LogP contribution in [0.15, 0.2) is 176 Å². The van der Waals surface area contributed by atoms with Crippen molar-refractivity contribution in [2.45, 2.75) is 156 Å². The number of hydrogen-bond donors (Lipinski definition) is 1. The van der Waals surface area contributed by atoms with Gasteiger partial charge in [-0.05, 0) is 160 Å². The van der Waals surface area contributed by atoms with Gasteiger partial charge in [0.05, 0.1) is 0 Å². The van der Waals surface area contributed by atoms with Crippen molar-refractivity contribution in [3.63, 3.8) is 0 Å². The molecule has 82 heavy (non-hydrogen) atoms. The summed E-state index contributed by atoms with van der Waals surface area (Å²) in [5, 5.41) is 19.7. The second-order valence-electron chi connectivity index (χ2n) is 26.7. The summed E-state index contributed by atoms with van der Waals surface area (Å²) < 4.78 is 0. The molecule has 1 aliphatic carbocycles. The van der Waals surface area contributed by atoms with Crippen molar-refractivity contribution in [2.75, 3.05) is 4.90 Å². The van der Waals surface area contributed by atoms with Crippen molar-refractivity contribution in [3.8, 4) is 28.1 Å². The summed E-state index contributed by atoms with van der Waals surface area (Å²) in [6.07, 6.45) is 9.88. The van der Waals surface area contributed by atoms with E-state index in [0.717, 1.165) is 63.8 Å². The molecule has 0 bridgehead atoms. The number of phenolic OH excluding ortho intramolecular Hbond substituents is 1. The van der Waals surface area contributed by atoms with Gasteiger partial charge in [0.25, 0.3) is 0 Å². The van der Waals surface area contributed by atoms with Crippen LogP contribution < -0.4 is 25.6 Å². The molecule has 2 aromatic heterocycles. The molecule has 0 saturated carbocycles. The zero-order valence-corrected chi connectivity index (χ0v) is 54.1. The minimum atomic E-state index is -3.37. The number of aromatic nitrogens is 2. The summed E-state index contributed by atoms with van der Waals surface area (Å²) in [5.74, 6) is 1.97. The number of nitrogens with zero attached hydrogens (tertiary/aromatic N) is 3. The molecule has 4 nitrogen and oxygen atoms in total. The first-order valence-electron chi connectivity index (χ1n) is 29.8. The Morgan fingerprint density at radius 2 is 1.22 bits per heavy atom. The third-order valence-electron chi connectivity index (χ3n) is 17.9. The number of rotatable bonds is 11. The van der Waals surface area contributed by atoms with Crippen molar-refractivity contribution >= 4 is 56.9 Å². The molecule has 6 heteroatoms. The Hall–Kier alpha value is -6.65. The van der Waals surface area contributed by atoms with Crippen LogP contribution in [-0.2, 0) is 37.3 Å². The minimum Gasteiger partial charge on any atom is -0.506 e. The van der Waals surface area contributed by atoms with Gasteiger partial charge < -0.3 is 10.0 Å². The topological polar surface area (TPSA) is 49.3 Å². The molecule has 0 radical (unpaired) electrons. The normalized spacial score (nSPS) is 15.2. The smallest absolute Gasteiger partial charge is 0.184 e. The monoisotopic (exact) mass is 1280 g/mol. The third-order valence-corrected chi connectivity index (χ3v) is 22.7. The van der Waals surface area contributed by atoms with E-state index in [2.05, 4.69) is 278 Å². The Balaban J connectivity index is 0.00000753. The van der Waals surface area contributed by atoms with E-state index in [0.29, 0.717) is 11.4 Å². The second kappa shape index (κ2) is 22.5. The standard InChI is InChI=1S/C76H82N3OSi.Pt/c1-48(2)53-41-59(49(3)4)70(60(42-53)50(5)6)62-47-68(81(56-29-21-16-22-30-56,57-31-23-17-24-32-57)58-33-25-18-26-34-58)73(80)72-71(62)61(51-27-19-15-20-28-51)46-65(78-72)52-35-37-63-67(43-52)79(69-45-55(39-40-77-69)75(10,11)12)66-38-36-54(74(7,8)9)44-64(66)76(63,13)14;/h16-19,21-27,29-42,44-51,80H,15,20,28H2,1-14H3;/q-1;/t51-;/m0./s1. The van der Waals surface area contributed by atoms with Gasteiger partial charge in [-0.15, -0.1) is 23.8 Å². The largest absolute Gasteiger partial charge is 0.506 e. The van der Waals surface area contributed by atoms with Gasteiger partial charge in [0.15, 0.2) is 8.07 Å². The van der Waals surface area contributed by atoms with Crippen LogP contribution in [0.25, 0.3) is 33.3 Å². The van der Waals surface area contributed by atoms with Crippen molar-refractivity contribution in [2.24, 2.45) is 0 Å². The number of phenols is 1. The molecule has 0 saturated heterocycles. The fraction of sp³-hybridized carbons (Fsp3) is 0.316. The maximum absolute atomic E-state index is 14.2. The number of fused-ring (bicyclic) bond motifs is 3. The van der Waals surface area contributed by atoms with E-state index in [4.69, 9.17) is 9.97 Å². The Morgan fingerprint density at radius 3 is 1.74 bits per heavy atom.